The Morgan fingerprint density at radius 3 is 2.83 bits per heavy atom. The van der Waals surface area contributed by atoms with Gasteiger partial charge in [-0.25, -0.2) is 0 Å². The third kappa shape index (κ3) is 2.93. The minimum atomic E-state index is 0.0385. The number of carbonyl (C=O) groups excluding carboxylic acids is 1. The van der Waals surface area contributed by atoms with E-state index in [1.165, 1.54) is 23.3 Å². The van der Waals surface area contributed by atoms with E-state index in [9.17, 15) is 4.79 Å². The molecule has 0 spiro atoms. The predicted molar refractivity (Wildman–Crippen MR) is 74.2 cm³/mol. The number of aryl methyl sites for hydroxylation is 2. The molecular formula is C14H21NO2S. The summed E-state index contributed by atoms with van der Waals surface area (Å²) >= 11 is 1.65. The van der Waals surface area contributed by atoms with E-state index < -0.39 is 0 Å². The number of aliphatic hydroxyl groups excluding tert-OH is 1. The van der Waals surface area contributed by atoms with E-state index in [-0.39, 0.29) is 12.5 Å². The van der Waals surface area contributed by atoms with Crippen LogP contribution < -0.4 is 0 Å². The average Bonchev–Trinajstić information content (AvgIpc) is 2.81. The zero-order chi connectivity index (χ0) is 13.0. The van der Waals surface area contributed by atoms with Gasteiger partial charge >= 0.3 is 0 Å². The molecule has 0 saturated carbocycles. The van der Waals surface area contributed by atoms with Gasteiger partial charge in [-0.3, -0.25) is 4.79 Å². The molecule has 0 bridgehead atoms. The van der Waals surface area contributed by atoms with Crippen LogP contribution in [0, 0.1) is 0 Å². The Morgan fingerprint density at radius 2 is 2.17 bits per heavy atom. The van der Waals surface area contributed by atoms with Gasteiger partial charge in [-0.1, -0.05) is 6.92 Å². The molecule has 1 aromatic heterocycles. The molecule has 0 unspecified atom stereocenters. The van der Waals surface area contributed by atoms with E-state index >= 15 is 0 Å². The number of hydrogen-bond donors (Lipinski definition) is 1. The van der Waals surface area contributed by atoms with Gasteiger partial charge in [0.25, 0.3) is 5.91 Å². The first-order chi connectivity index (χ1) is 8.76. The highest BCUT2D eigenvalue weighted by atomic mass is 32.1. The molecule has 0 saturated heterocycles. The number of amides is 1. The normalized spacial score (nSPS) is 14.3. The minimum absolute atomic E-state index is 0.0385. The number of hydrogen-bond acceptors (Lipinski definition) is 3. The Morgan fingerprint density at radius 1 is 1.39 bits per heavy atom. The smallest absolute Gasteiger partial charge is 0.264 e. The standard InChI is InChI=1S/C14H21NO2S/c1-2-7-15(8-9-16)14(17)13-10-11-5-3-4-6-12(11)18-13/h10,16H,2-9H2,1H3. The fraction of sp³-hybridized carbons (Fsp3) is 0.643. The zero-order valence-corrected chi connectivity index (χ0v) is 11.8. The van der Waals surface area contributed by atoms with Gasteiger partial charge in [0.2, 0.25) is 0 Å². The molecule has 0 aromatic carbocycles. The topological polar surface area (TPSA) is 40.5 Å². The Labute approximate surface area is 112 Å². The van der Waals surface area contributed by atoms with Crippen molar-refractivity contribution in [2.45, 2.75) is 39.0 Å². The Balaban J connectivity index is 2.13. The van der Waals surface area contributed by atoms with Gasteiger partial charge in [0.05, 0.1) is 11.5 Å². The van der Waals surface area contributed by atoms with E-state index in [0.29, 0.717) is 6.54 Å². The Bertz CT molecular complexity index is 384. The van der Waals surface area contributed by atoms with Crippen LogP contribution in [0.1, 0.15) is 46.3 Å². The summed E-state index contributed by atoms with van der Waals surface area (Å²) in [5.41, 5.74) is 1.37. The molecular weight excluding hydrogens is 246 g/mol. The van der Waals surface area contributed by atoms with Crippen LogP contribution in [-0.4, -0.2) is 35.6 Å². The van der Waals surface area contributed by atoms with Crippen molar-refractivity contribution in [1.29, 1.82) is 0 Å². The third-order valence-corrected chi connectivity index (χ3v) is 4.58. The van der Waals surface area contributed by atoms with Gasteiger partial charge in [-0.05, 0) is 43.7 Å². The summed E-state index contributed by atoms with van der Waals surface area (Å²) in [5, 5.41) is 9.03. The average molecular weight is 267 g/mol. The second-order valence-corrected chi connectivity index (χ2v) is 5.92. The van der Waals surface area contributed by atoms with Crippen molar-refractivity contribution in [2.75, 3.05) is 19.7 Å². The van der Waals surface area contributed by atoms with Crippen LogP contribution >= 0.6 is 11.3 Å². The lowest BCUT2D eigenvalue weighted by Gasteiger charge is -2.20. The summed E-state index contributed by atoms with van der Waals surface area (Å²) in [4.78, 5) is 16.4. The van der Waals surface area contributed by atoms with Gasteiger partial charge in [0.1, 0.15) is 0 Å². The lowest BCUT2D eigenvalue weighted by atomic mass is 9.99. The molecule has 1 aliphatic rings. The van der Waals surface area contributed by atoms with E-state index in [1.54, 1.807) is 16.2 Å². The van der Waals surface area contributed by atoms with Gasteiger partial charge in [-0.2, -0.15) is 0 Å². The van der Waals surface area contributed by atoms with Crippen LogP contribution in [0.5, 0.6) is 0 Å². The van der Waals surface area contributed by atoms with Crippen LogP contribution in [0.4, 0.5) is 0 Å². The fourth-order valence-corrected chi connectivity index (χ4v) is 3.68. The summed E-state index contributed by atoms with van der Waals surface area (Å²) in [6.45, 7) is 3.26. The first-order valence-corrected chi connectivity index (χ1v) is 7.59. The molecule has 0 atom stereocenters. The molecule has 3 nitrogen and oxygen atoms in total. The Kier molecular flexibility index (Phi) is 4.78. The first kappa shape index (κ1) is 13.6. The summed E-state index contributed by atoms with van der Waals surface area (Å²) in [7, 11) is 0. The van der Waals surface area contributed by atoms with Crippen LogP contribution in [0.2, 0.25) is 0 Å². The highest BCUT2D eigenvalue weighted by Crippen LogP contribution is 2.30. The number of thiophene rings is 1. The van der Waals surface area contributed by atoms with E-state index in [0.717, 1.165) is 30.7 Å². The summed E-state index contributed by atoms with van der Waals surface area (Å²) < 4.78 is 0. The third-order valence-electron chi connectivity index (χ3n) is 3.36. The van der Waals surface area contributed by atoms with Gasteiger partial charge in [0, 0.05) is 18.0 Å². The van der Waals surface area contributed by atoms with Gasteiger partial charge in [-0.15, -0.1) is 11.3 Å². The number of rotatable bonds is 5. The number of nitrogens with zero attached hydrogens (tertiary/aromatic N) is 1. The molecule has 1 aliphatic carbocycles. The SMILES string of the molecule is CCCN(CCO)C(=O)c1cc2c(s1)CCCC2. The van der Waals surface area contributed by atoms with Crippen LogP contribution in [0.15, 0.2) is 6.07 Å². The highest BCUT2D eigenvalue weighted by molar-refractivity contribution is 7.14. The van der Waals surface area contributed by atoms with Crippen molar-refractivity contribution in [3.8, 4) is 0 Å². The molecule has 18 heavy (non-hydrogen) atoms. The second kappa shape index (κ2) is 6.34. The monoisotopic (exact) mass is 267 g/mol. The molecule has 0 fully saturated rings. The molecule has 1 N–H and O–H groups in total. The minimum Gasteiger partial charge on any atom is -0.395 e. The van der Waals surface area contributed by atoms with Gasteiger partial charge in [0.15, 0.2) is 0 Å². The molecule has 1 aromatic rings. The molecule has 0 radical (unpaired) electrons. The van der Waals surface area contributed by atoms with E-state index in [2.05, 4.69) is 13.0 Å². The van der Waals surface area contributed by atoms with E-state index in [1.807, 2.05) is 0 Å². The number of carbonyl (C=O) groups is 1. The lowest BCUT2D eigenvalue weighted by molar-refractivity contribution is 0.0727. The lowest BCUT2D eigenvalue weighted by Crippen LogP contribution is -2.33. The summed E-state index contributed by atoms with van der Waals surface area (Å²) in [5.74, 6) is 0.0882. The predicted octanol–water partition coefficient (Wildman–Crippen LogP) is 2.47. The van der Waals surface area contributed by atoms with Crippen molar-refractivity contribution in [3.05, 3.63) is 21.4 Å². The van der Waals surface area contributed by atoms with Gasteiger partial charge < -0.3 is 10.0 Å². The van der Waals surface area contributed by atoms with Crippen LogP contribution in [0.3, 0.4) is 0 Å². The van der Waals surface area contributed by atoms with Crippen LogP contribution in [0.25, 0.3) is 0 Å². The number of fused-ring (bicyclic) bond motifs is 1. The quantitative estimate of drug-likeness (QED) is 0.890. The fourth-order valence-electron chi connectivity index (χ4n) is 2.46. The maximum atomic E-state index is 12.4. The first-order valence-electron chi connectivity index (χ1n) is 6.78. The highest BCUT2D eigenvalue weighted by Gasteiger charge is 2.20. The number of aliphatic hydroxyl groups is 1. The summed E-state index contributed by atoms with van der Waals surface area (Å²) in [6.07, 6.45) is 5.66. The largest absolute Gasteiger partial charge is 0.395 e. The van der Waals surface area contributed by atoms with Crippen LogP contribution in [-0.2, 0) is 12.8 Å². The molecule has 100 valence electrons. The van der Waals surface area contributed by atoms with E-state index in [4.69, 9.17) is 5.11 Å². The molecule has 1 heterocycles. The Hall–Kier alpha value is -0.870. The maximum absolute atomic E-state index is 12.4. The summed E-state index contributed by atoms with van der Waals surface area (Å²) in [6, 6.07) is 2.07. The zero-order valence-electron chi connectivity index (χ0n) is 10.9. The molecule has 4 heteroatoms. The molecule has 0 aliphatic heterocycles. The van der Waals surface area contributed by atoms with Crippen molar-refractivity contribution < 1.29 is 9.90 Å². The molecule has 1 amide bonds. The second-order valence-electron chi connectivity index (χ2n) is 4.78. The molecule has 2 rings (SSSR count). The van der Waals surface area contributed by atoms with Crippen molar-refractivity contribution in [1.82, 2.24) is 4.90 Å². The van der Waals surface area contributed by atoms with Crippen molar-refractivity contribution >= 4 is 17.2 Å². The van der Waals surface area contributed by atoms with Crippen molar-refractivity contribution in [2.24, 2.45) is 0 Å². The maximum Gasteiger partial charge on any atom is 0.264 e. The van der Waals surface area contributed by atoms with Crippen molar-refractivity contribution in [3.63, 3.8) is 0 Å².